The second-order valence-electron chi connectivity index (χ2n) is 5.83. The molecular weight excluding hydrogens is 264 g/mol. The van der Waals surface area contributed by atoms with Crippen molar-refractivity contribution in [3.63, 3.8) is 0 Å². The van der Waals surface area contributed by atoms with Crippen LogP contribution in [0.15, 0.2) is 41.6 Å². The van der Waals surface area contributed by atoms with E-state index in [0.717, 1.165) is 30.5 Å². The number of hydrogen-bond donors (Lipinski definition) is 2. The van der Waals surface area contributed by atoms with Crippen LogP contribution in [0.2, 0.25) is 0 Å². The fourth-order valence-corrected chi connectivity index (χ4v) is 3.75. The highest BCUT2D eigenvalue weighted by Crippen LogP contribution is 2.44. The number of nitrogens with zero attached hydrogens (tertiary/aromatic N) is 1. The van der Waals surface area contributed by atoms with Gasteiger partial charge in [0.15, 0.2) is 0 Å². The van der Waals surface area contributed by atoms with Gasteiger partial charge in [-0.2, -0.15) is 0 Å². The van der Waals surface area contributed by atoms with Crippen LogP contribution in [0.25, 0.3) is 0 Å². The predicted octanol–water partition coefficient (Wildman–Crippen LogP) is 3.34. The van der Waals surface area contributed by atoms with E-state index < -0.39 is 0 Å². The number of phenols is 1. The Morgan fingerprint density at radius 2 is 2.00 bits per heavy atom. The lowest BCUT2D eigenvalue weighted by molar-refractivity contribution is 0.391. The third-order valence-electron chi connectivity index (χ3n) is 4.74. The van der Waals surface area contributed by atoms with Gasteiger partial charge >= 0.3 is 0 Å². The molecule has 4 heteroatoms. The van der Waals surface area contributed by atoms with E-state index in [1.807, 2.05) is 0 Å². The Morgan fingerprint density at radius 1 is 1.14 bits per heavy atom. The molecule has 4 rings (SSSR count). The molecule has 0 bridgehead atoms. The van der Waals surface area contributed by atoms with E-state index in [4.69, 9.17) is 0 Å². The minimum absolute atomic E-state index is 0.0209. The van der Waals surface area contributed by atoms with E-state index in [1.165, 1.54) is 11.1 Å². The van der Waals surface area contributed by atoms with Crippen LogP contribution in [-0.4, -0.2) is 11.1 Å². The smallest absolute Gasteiger partial charge is 0.149 e. The Labute approximate surface area is 122 Å². The van der Waals surface area contributed by atoms with Crippen LogP contribution in [0, 0.1) is 4.91 Å². The minimum Gasteiger partial charge on any atom is -0.506 e. The first-order valence-corrected chi connectivity index (χ1v) is 7.28. The average Bonchev–Trinajstić information content (AvgIpc) is 2.53. The van der Waals surface area contributed by atoms with Gasteiger partial charge in [0.2, 0.25) is 0 Å². The van der Waals surface area contributed by atoms with Crippen molar-refractivity contribution in [1.29, 1.82) is 0 Å². The highest BCUT2D eigenvalue weighted by Gasteiger charge is 2.35. The van der Waals surface area contributed by atoms with E-state index in [1.54, 1.807) is 12.1 Å². The maximum Gasteiger partial charge on any atom is 0.149 e. The van der Waals surface area contributed by atoms with Gasteiger partial charge in [-0.1, -0.05) is 24.3 Å². The highest BCUT2D eigenvalue weighted by atomic mass is 16.3. The van der Waals surface area contributed by atoms with Gasteiger partial charge in [-0.3, -0.25) is 0 Å². The fraction of sp³-hybridized carbons (Fsp3) is 0.294. The van der Waals surface area contributed by atoms with Crippen LogP contribution in [0.3, 0.4) is 0 Å². The number of aryl methyl sites for hydroxylation is 1. The quantitative estimate of drug-likeness (QED) is 0.787. The molecule has 0 fully saturated rings. The van der Waals surface area contributed by atoms with Crippen molar-refractivity contribution in [2.45, 2.75) is 31.3 Å². The molecule has 1 heterocycles. The summed E-state index contributed by atoms with van der Waals surface area (Å²) in [7, 11) is 0. The van der Waals surface area contributed by atoms with Crippen LogP contribution in [0.1, 0.15) is 34.6 Å². The largest absolute Gasteiger partial charge is 0.506 e. The lowest BCUT2D eigenvalue weighted by Gasteiger charge is -2.39. The van der Waals surface area contributed by atoms with E-state index in [-0.39, 0.29) is 17.4 Å². The average molecular weight is 280 g/mol. The summed E-state index contributed by atoms with van der Waals surface area (Å²) in [5.41, 5.74) is 5.03. The molecule has 0 aromatic heterocycles. The second-order valence-corrected chi connectivity index (χ2v) is 5.83. The summed E-state index contributed by atoms with van der Waals surface area (Å²) in [4.78, 5) is 10.8. The third-order valence-corrected chi connectivity index (χ3v) is 4.74. The predicted molar refractivity (Wildman–Crippen MR) is 80.8 cm³/mol. The fourth-order valence-electron chi connectivity index (χ4n) is 3.75. The summed E-state index contributed by atoms with van der Waals surface area (Å²) < 4.78 is 0. The monoisotopic (exact) mass is 280 g/mol. The first kappa shape index (κ1) is 12.5. The van der Waals surface area contributed by atoms with Crippen molar-refractivity contribution in [1.82, 2.24) is 5.32 Å². The number of hydrogen-bond acceptors (Lipinski definition) is 4. The summed E-state index contributed by atoms with van der Waals surface area (Å²) in [6.07, 6.45) is 1.95. The summed E-state index contributed by atoms with van der Waals surface area (Å²) in [5, 5.41) is 16.5. The Morgan fingerprint density at radius 3 is 2.86 bits per heavy atom. The zero-order valence-corrected chi connectivity index (χ0v) is 11.5. The van der Waals surface area contributed by atoms with Crippen molar-refractivity contribution in [3.05, 3.63) is 63.6 Å². The maximum absolute atomic E-state index is 10.8. The molecule has 1 aliphatic heterocycles. The van der Waals surface area contributed by atoms with Gasteiger partial charge in [0.05, 0.1) is 0 Å². The van der Waals surface area contributed by atoms with Crippen molar-refractivity contribution < 1.29 is 5.11 Å². The minimum atomic E-state index is -0.0209. The van der Waals surface area contributed by atoms with Crippen molar-refractivity contribution in [2.75, 3.05) is 0 Å². The molecule has 2 unspecified atom stereocenters. The van der Waals surface area contributed by atoms with E-state index in [2.05, 4.69) is 34.8 Å². The van der Waals surface area contributed by atoms with Gasteiger partial charge in [0.1, 0.15) is 11.4 Å². The molecule has 2 atom stereocenters. The van der Waals surface area contributed by atoms with E-state index >= 15 is 0 Å². The lowest BCUT2D eigenvalue weighted by atomic mass is 9.72. The molecule has 0 radical (unpaired) electrons. The molecule has 4 nitrogen and oxygen atoms in total. The third kappa shape index (κ3) is 1.87. The number of aromatic hydroxyl groups is 1. The number of nitroso groups, excluding NO2 is 1. The molecule has 21 heavy (non-hydrogen) atoms. The van der Waals surface area contributed by atoms with Crippen LogP contribution in [-0.2, 0) is 13.0 Å². The lowest BCUT2D eigenvalue weighted by Crippen LogP contribution is -2.42. The first-order valence-electron chi connectivity index (χ1n) is 7.28. The molecule has 2 N–H and O–H groups in total. The number of benzene rings is 2. The number of rotatable bonds is 1. The Kier molecular flexibility index (Phi) is 2.79. The summed E-state index contributed by atoms with van der Waals surface area (Å²) in [6, 6.07) is 12.3. The standard InChI is InChI=1S/C17H16N2O2/c20-16-8-13-10(7-15(16)19-21)5-6-14-17(13)12-4-2-1-3-11(12)9-18-14/h1-4,7-8,14,17-18,20H,5-6,9H2. The molecule has 2 aliphatic rings. The van der Waals surface area contributed by atoms with Crippen LogP contribution < -0.4 is 5.32 Å². The highest BCUT2D eigenvalue weighted by molar-refractivity contribution is 5.59. The van der Waals surface area contributed by atoms with Gasteiger partial charge in [0.25, 0.3) is 0 Å². The zero-order chi connectivity index (χ0) is 14.4. The van der Waals surface area contributed by atoms with Gasteiger partial charge in [-0.15, -0.1) is 4.91 Å². The second kappa shape index (κ2) is 4.67. The van der Waals surface area contributed by atoms with E-state index in [9.17, 15) is 10.0 Å². The van der Waals surface area contributed by atoms with Gasteiger partial charge in [-0.25, -0.2) is 0 Å². The number of nitrogens with one attached hydrogen (secondary N) is 1. The summed E-state index contributed by atoms with van der Waals surface area (Å²) >= 11 is 0. The Bertz CT molecular complexity index is 727. The normalized spacial score (nSPS) is 22.9. The molecule has 106 valence electrons. The van der Waals surface area contributed by atoms with Crippen molar-refractivity contribution in [2.24, 2.45) is 5.18 Å². The van der Waals surface area contributed by atoms with Crippen LogP contribution >= 0.6 is 0 Å². The molecule has 2 aromatic carbocycles. The number of phenolic OH excluding ortho intramolecular Hbond substituents is 1. The van der Waals surface area contributed by atoms with Gasteiger partial charge in [0, 0.05) is 18.5 Å². The van der Waals surface area contributed by atoms with Crippen molar-refractivity contribution >= 4 is 5.69 Å². The molecule has 0 spiro atoms. The number of fused-ring (bicyclic) bond motifs is 5. The topological polar surface area (TPSA) is 61.7 Å². The summed E-state index contributed by atoms with van der Waals surface area (Å²) in [5.74, 6) is 0.220. The molecular formula is C17H16N2O2. The molecule has 2 aromatic rings. The Balaban J connectivity index is 1.91. The SMILES string of the molecule is O=Nc1cc2c(cc1O)C1c3ccccc3CNC1CC2. The van der Waals surface area contributed by atoms with Crippen LogP contribution in [0.4, 0.5) is 5.69 Å². The zero-order valence-electron chi connectivity index (χ0n) is 11.5. The molecule has 0 saturated heterocycles. The van der Waals surface area contributed by atoms with Gasteiger partial charge < -0.3 is 10.4 Å². The first-order chi connectivity index (χ1) is 10.3. The van der Waals surface area contributed by atoms with Crippen LogP contribution in [0.5, 0.6) is 5.75 Å². The Hall–Kier alpha value is -2.20. The molecule has 0 saturated carbocycles. The summed E-state index contributed by atoms with van der Waals surface area (Å²) in [6.45, 7) is 0.895. The maximum atomic E-state index is 10.8. The van der Waals surface area contributed by atoms with Crippen molar-refractivity contribution in [3.8, 4) is 5.75 Å². The molecule has 0 amide bonds. The van der Waals surface area contributed by atoms with E-state index in [0.29, 0.717) is 6.04 Å². The molecule has 1 aliphatic carbocycles. The van der Waals surface area contributed by atoms with Gasteiger partial charge in [-0.05, 0) is 52.4 Å².